The van der Waals surface area contributed by atoms with Crippen LogP contribution in [0.15, 0.2) is 0 Å². The maximum Gasteiger partial charge on any atom is 0.0791 e. The van der Waals surface area contributed by atoms with Gasteiger partial charge in [0.15, 0.2) is 0 Å². The molecule has 3 heteroatoms. The largest absolute Gasteiger partial charge is 0.390 e. The molecule has 0 aliphatic carbocycles. The second-order valence-corrected chi connectivity index (χ2v) is 3.95. The Labute approximate surface area is 81.1 Å². The molecule has 1 aliphatic heterocycles. The quantitative estimate of drug-likeness (QED) is 0.654. The van der Waals surface area contributed by atoms with Crippen LogP contribution in [-0.4, -0.2) is 48.3 Å². The number of rotatable bonds is 5. The van der Waals surface area contributed by atoms with Gasteiger partial charge in [-0.3, -0.25) is 4.90 Å². The Morgan fingerprint density at radius 3 is 2.92 bits per heavy atom. The lowest BCUT2D eigenvalue weighted by Gasteiger charge is -2.24. The Hall–Kier alpha value is -0.120. The first kappa shape index (κ1) is 11.0. The molecule has 78 valence electrons. The van der Waals surface area contributed by atoms with Gasteiger partial charge in [0.05, 0.1) is 6.10 Å². The molecule has 0 radical (unpaired) electrons. The predicted octanol–water partition coefficient (Wildman–Crippen LogP) is 0.441. The van der Waals surface area contributed by atoms with Gasteiger partial charge in [0.2, 0.25) is 0 Å². The zero-order chi connectivity index (χ0) is 9.68. The Morgan fingerprint density at radius 2 is 2.38 bits per heavy atom. The summed E-state index contributed by atoms with van der Waals surface area (Å²) < 4.78 is 0. The smallest absolute Gasteiger partial charge is 0.0791 e. The molecule has 1 saturated heterocycles. The highest BCUT2D eigenvalue weighted by atomic mass is 16.3. The number of β-amino-alcohol motifs (C(OH)–C–C–N with tert-alkyl or cyclic N) is 1. The van der Waals surface area contributed by atoms with Crippen molar-refractivity contribution in [2.75, 3.05) is 26.2 Å². The van der Waals surface area contributed by atoms with Gasteiger partial charge in [-0.05, 0) is 32.9 Å². The first-order valence-electron chi connectivity index (χ1n) is 5.37. The molecule has 2 N–H and O–H groups in total. The molecule has 13 heavy (non-hydrogen) atoms. The second-order valence-electron chi connectivity index (χ2n) is 3.95. The number of likely N-dealkylation sites (tertiary alicyclic amines) is 1. The fraction of sp³-hybridized carbons (Fsp3) is 1.00. The third kappa shape index (κ3) is 3.63. The Balaban J connectivity index is 2.15. The van der Waals surface area contributed by atoms with E-state index in [0.29, 0.717) is 6.04 Å². The van der Waals surface area contributed by atoms with E-state index in [2.05, 4.69) is 24.1 Å². The van der Waals surface area contributed by atoms with Gasteiger partial charge in [0, 0.05) is 19.1 Å². The standard InChI is InChI=1S/C10H22N2O/c1-3-11-7-10(13)8-12-6-4-5-9(12)2/h9-11,13H,3-8H2,1-2H3. The minimum absolute atomic E-state index is 0.208. The van der Waals surface area contributed by atoms with E-state index in [1.165, 1.54) is 12.8 Å². The number of hydrogen-bond donors (Lipinski definition) is 2. The van der Waals surface area contributed by atoms with Crippen LogP contribution in [0, 0.1) is 0 Å². The summed E-state index contributed by atoms with van der Waals surface area (Å²) in [6.45, 7) is 7.95. The number of hydrogen-bond acceptors (Lipinski definition) is 3. The van der Waals surface area contributed by atoms with E-state index in [-0.39, 0.29) is 6.10 Å². The van der Waals surface area contributed by atoms with Crippen LogP contribution < -0.4 is 5.32 Å². The molecule has 1 rings (SSSR count). The molecule has 0 aromatic rings. The van der Waals surface area contributed by atoms with Crippen LogP contribution in [0.4, 0.5) is 0 Å². The van der Waals surface area contributed by atoms with Crippen molar-refractivity contribution in [3.63, 3.8) is 0 Å². The Bertz CT molecular complexity index is 141. The van der Waals surface area contributed by atoms with Gasteiger partial charge in [-0.25, -0.2) is 0 Å². The van der Waals surface area contributed by atoms with Crippen molar-refractivity contribution in [2.24, 2.45) is 0 Å². The summed E-state index contributed by atoms with van der Waals surface area (Å²) >= 11 is 0. The van der Waals surface area contributed by atoms with Gasteiger partial charge >= 0.3 is 0 Å². The SMILES string of the molecule is CCNCC(O)CN1CCCC1C. The summed E-state index contributed by atoms with van der Waals surface area (Å²) in [5, 5.41) is 12.8. The second kappa shape index (κ2) is 5.58. The summed E-state index contributed by atoms with van der Waals surface area (Å²) in [5.74, 6) is 0. The lowest BCUT2D eigenvalue weighted by Crippen LogP contribution is -2.39. The Kier molecular flexibility index (Phi) is 4.70. The van der Waals surface area contributed by atoms with Crippen molar-refractivity contribution in [3.8, 4) is 0 Å². The van der Waals surface area contributed by atoms with Gasteiger partial charge in [0.1, 0.15) is 0 Å². The van der Waals surface area contributed by atoms with E-state index in [9.17, 15) is 5.11 Å². The van der Waals surface area contributed by atoms with Crippen molar-refractivity contribution >= 4 is 0 Å². The van der Waals surface area contributed by atoms with Crippen molar-refractivity contribution in [1.29, 1.82) is 0 Å². The van der Waals surface area contributed by atoms with Crippen LogP contribution in [0.3, 0.4) is 0 Å². The number of aliphatic hydroxyl groups excluding tert-OH is 1. The fourth-order valence-corrected chi connectivity index (χ4v) is 1.91. The van der Waals surface area contributed by atoms with Crippen LogP contribution in [0.25, 0.3) is 0 Å². The molecule has 0 aromatic heterocycles. The van der Waals surface area contributed by atoms with E-state index in [1.807, 2.05) is 0 Å². The number of nitrogens with zero attached hydrogens (tertiary/aromatic N) is 1. The van der Waals surface area contributed by atoms with Crippen LogP contribution >= 0.6 is 0 Å². The molecule has 1 heterocycles. The van der Waals surface area contributed by atoms with Crippen molar-refractivity contribution < 1.29 is 5.11 Å². The maximum absolute atomic E-state index is 9.65. The van der Waals surface area contributed by atoms with E-state index < -0.39 is 0 Å². The number of nitrogens with one attached hydrogen (secondary N) is 1. The van der Waals surface area contributed by atoms with Crippen molar-refractivity contribution in [1.82, 2.24) is 10.2 Å². The highest BCUT2D eigenvalue weighted by Crippen LogP contribution is 2.15. The average Bonchev–Trinajstić information content (AvgIpc) is 2.48. The molecule has 0 amide bonds. The lowest BCUT2D eigenvalue weighted by atomic mass is 10.2. The van der Waals surface area contributed by atoms with Gasteiger partial charge in [-0.15, -0.1) is 0 Å². The van der Waals surface area contributed by atoms with Crippen molar-refractivity contribution in [3.05, 3.63) is 0 Å². The summed E-state index contributed by atoms with van der Waals surface area (Å²) in [6, 6.07) is 0.663. The normalized spacial score (nSPS) is 26.5. The third-order valence-electron chi connectivity index (χ3n) is 2.77. The van der Waals surface area contributed by atoms with E-state index in [0.717, 1.165) is 26.2 Å². The fourth-order valence-electron chi connectivity index (χ4n) is 1.91. The average molecular weight is 186 g/mol. The minimum Gasteiger partial charge on any atom is -0.390 e. The minimum atomic E-state index is -0.208. The van der Waals surface area contributed by atoms with Gasteiger partial charge in [-0.1, -0.05) is 6.92 Å². The maximum atomic E-state index is 9.65. The van der Waals surface area contributed by atoms with Crippen LogP contribution in [-0.2, 0) is 0 Å². The monoisotopic (exact) mass is 186 g/mol. The van der Waals surface area contributed by atoms with Crippen LogP contribution in [0.5, 0.6) is 0 Å². The molecule has 3 nitrogen and oxygen atoms in total. The molecule has 1 aliphatic rings. The highest BCUT2D eigenvalue weighted by molar-refractivity contribution is 4.77. The molecular weight excluding hydrogens is 164 g/mol. The highest BCUT2D eigenvalue weighted by Gasteiger charge is 2.21. The molecule has 2 atom stereocenters. The Morgan fingerprint density at radius 1 is 1.62 bits per heavy atom. The topological polar surface area (TPSA) is 35.5 Å². The zero-order valence-electron chi connectivity index (χ0n) is 8.79. The van der Waals surface area contributed by atoms with E-state index >= 15 is 0 Å². The van der Waals surface area contributed by atoms with E-state index in [1.54, 1.807) is 0 Å². The van der Waals surface area contributed by atoms with Crippen molar-refractivity contribution in [2.45, 2.75) is 38.8 Å². The summed E-state index contributed by atoms with van der Waals surface area (Å²) in [6.07, 6.45) is 2.36. The van der Waals surface area contributed by atoms with Gasteiger partial charge < -0.3 is 10.4 Å². The van der Waals surface area contributed by atoms with Gasteiger partial charge in [0.25, 0.3) is 0 Å². The van der Waals surface area contributed by atoms with Gasteiger partial charge in [-0.2, -0.15) is 0 Å². The van der Waals surface area contributed by atoms with Crippen LogP contribution in [0.2, 0.25) is 0 Å². The molecular formula is C10H22N2O. The molecule has 2 unspecified atom stereocenters. The first-order valence-corrected chi connectivity index (χ1v) is 5.37. The molecule has 0 bridgehead atoms. The van der Waals surface area contributed by atoms with E-state index in [4.69, 9.17) is 0 Å². The summed E-state index contributed by atoms with van der Waals surface area (Å²) in [4.78, 5) is 2.38. The van der Waals surface area contributed by atoms with Crippen LogP contribution in [0.1, 0.15) is 26.7 Å². The lowest BCUT2D eigenvalue weighted by molar-refractivity contribution is 0.109. The summed E-state index contributed by atoms with van der Waals surface area (Å²) in [7, 11) is 0. The third-order valence-corrected chi connectivity index (χ3v) is 2.77. The molecule has 0 spiro atoms. The zero-order valence-corrected chi connectivity index (χ0v) is 8.79. The first-order chi connectivity index (χ1) is 6.24. The molecule has 1 fully saturated rings. The molecule has 0 aromatic carbocycles. The summed E-state index contributed by atoms with van der Waals surface area (Å²) in [5.41, 5.74) is 0. The predicted molar refractivity (Wildman–Crippen MR) is 54.8 cm³/mol. The number of aliphatic hydroxyl groups is 1. The molecule has 0 saturated carbocycles. The number of likely N-dealkylation sites (N-methyl/N-ethyl adjacent to an activating group) is 1.